The highest BCUT2D eigenvalue weighted by Gasteiger charge is 2.08. The Labute approximate surface area is 120 Å². The Balaban J connectivity index is 2.18. The van der Waals surface area contributed by atoms with Crippen LogP contribution in [0.15, 0.2) is 18.2 Å². The maximum Gasteiger partial charge on any atom is 0.0599 e. The largest absolute Gasteiger partial charge is 0.375 e. The van der Waals surface area contributed by atoms with E-state index < -0.39 is 0 Å². The molecule has 1 aromatic carbocycles. The third kappa shape index (κ3) is 6.60. The topological polar surface area (TPSA) is 21.3 Å². The number of nitrogens with one attached hydrogen (secondary N) is 1. The second-order valence-corrected chi connectivity index (χ2v) is 6.04. The third-order valence-corrected chi connectivity index (χ3v) is 2.99. The molecule has 0 aromatic heterocycles. The molecule has 0 saturated carbocycles. The molecular formula is C14H21Cl2NO. The molecule has 0 aliphatic rings. The van der Waals surface area contributed by atoms with Gasteiger partial charge in [0.15, 0.2) is 0 Å². The molecule has 1 rings (SSSR count). The number of halogens is 2. The molecule has 0 radical (unpaired) electrons. The van der Waals surface area contributed by atoms with Gasteiger partial charge >= 0.3 is 0 Å². The fourth-order valence-electron chi connectivity index (χ4n) is 1.50. The summed E-state index contributed by atoms with van der Waals surface area (Å²) in [6.07, 6.45) is 0.894. The Hall–Kier alpha value is -0.280. The second kappa shape index (κ2) is 7.34. The first-order valence-electron chi connectivity index (χ1n) is 6.17. The minimum Gasteiger partial charge on any atom is -0.375 e. The van der Waals surface area contributed by atoms with E-state index in [2.05, 4.69) is 26.1 Å². The van der Waals surface area contributed by atoms with Crippen LogP contribution >= 0.6 is 23.2 Å². The van der Waals surface area contributed by atoms with Crippen molar-refractivity contribution in [3.63, 3.8) is 0 Å². The normalized spacial score (nSPS) is 11.8. The van der Waals surface area contributed by atoms with Gasteiger partial charge in [-0.2, -0.15) is 0 Å². The molecular weight excluding hydrogens is 269 g/mol. The van der Waals surface area contributed by atoms with Gasteiger partial charge in [-0.25, -0.2) is 0 Å². The molecule has 0 amide bonds. The molecule has 0 fully saturated rings. The van der Waals surface area contributed by atoms with E-state index in [1.165, 1.54) is 0 Å². The Morgan fingerprint density at radius 2 is 1.89 bits per heavy atom. The molecule has 4 heteroatoms. The van der Waals surface area contributed by atoms with Gasteiger partial charge in [0.2, 0.25) is 0 Å². The van der Waals surface area contributed by atoms with Crippen LogP contribution < -0.4 is 5.32 Å². The molecule has 0 bridgehead atoms. The highest BCUT2D eigenvalue weighted by atomic mass is 35.5. The van der Waals surface area contributed by atoms with Gasteiger partial charge in [-0.1, -0.05) is 29.3 Å². The SMILES string of the molecule is CC(C)(C)OCCNCCc1ccc(Cl)cc1Cl. The van der Waals surface area contributed by atoms with E-state index in [1.807, 2.05) is 12.1 Å². The maximum absolute atomic E-state index is 6.09. The van der Waals surface area contributed by atoms with Gasteiger partial charge in [0, 0.05) is 16.6 Å². The number of hydrogen-bond acceptors (Lipinski definition) is 2. The van der Waals surface area contributed by atoms with Crippen LogP contribution in [0.4, 0.5) is 0 Å². The van der Waals surface area contributed by atoms with Crippen molar-refractivity contribution in [3.8, 4) is 0 Å². The van der Waals surface area contributed by atoms with Crippen molar-refractivity contribution >= 4 is 23.2 Å². The zero-order valence-corrected chi connectivity index (χ0v) is 12.7. The molecule has 0 spiro atoms. The summed E-state index contributed by atoms with van der Waals surface area (Å²) in [5.41, 5.74) is 1.05. The zero-order valence-electron chi connectivity index (χ0n) is 11.2. The van der Waals surface area contributed by atoms with Gasteiger partial charge in [0.25, 0.3) is 0 Å². The van der Waals surface area contributed by atoms with Crippen molar-refractivity contribution in [1.82, 2.24) is 5.32 Å². The van der Waals surface area contributed by atoms with Crippen molar-refractivity contribution in [2.75, 3.05) is 19.7 Å². The van der Waals surface area contributed by atoms with Crippen LogP contribution in [0, 0.1) is 0 Å². The monoisotopic (exact) mass is 289 g/mol. The van der Waals surface area contributed by atoms with E-state index in [4.69, 9.17) is 27.9 Å². The van der Waals surface area contributed by atoms with E-state index in [0.717, 1.165) is 36.7 Å². The van der Waals surface area contributed by atoms with Crippen LogP contribution in [-0.4, -0.2) is 25.3 Å². The Bertz CT molecular complexity index is 375. The minimum absolute atomic E-state index is 0.0683. The summed E-state index contributed by atoms with van der Waals surface area (Å²) in [4.78, 5) is 0. The third-order valence-electron chi connectivity index (χ3n) is 2.40. The lowest BCUT2D eigenvalue weighted by Crippen LogP contribution is -2.27. The standard InChI is InChI=1S/C14H21Cl2NO/c1-14(2,3)18-9-8-17-7-6-11-4-5-12(15)10-13(11)16/h4-5,10,17H,6-9H2,1-3H3. The number of hydrogen-bond donors (Lipinski definition) is 1. The summed E-state index contributed by atoms with van der Waals surface area (Å²) in [7, 11) is 0. The molecule has 0 saturated heterocycles. The summed E-state index contributed by atoms with van der Waals surface area (Å²) >= 11 is 11.9. The van der Waals surface area contributed by atoms with Crippen molar-refractivity contribution in [2.45, 2.75) is 32.8 Å². The van der Waals surface area contributed by atoms with Crippen molar-refractivity contribution in [2.24, 2.45) is 0 Å². The Kier molecular flexibility index (Phi) is 6.44. The van der Waals surface area contributed by atoms with E-state index >= 15 is 0 Å². The van der Waals surface area contributed by atoms with Crippen LogP contribution in [-0.2, 0) is 11.2 Å². The summed E-state index contributed by atoms with van der Waals surface area (Å²) in [5, 5.41) is 4.74. The van der Waals surface area contributed by atoms with Gasteiger partial charge < -0.3 is 10.1 Å². The molecule has 2 nitrogen and oxygen atoms in total. The van der Waals surface area contributed by atoms with E-state index in [9.17, 15) is 0 Å². The zero-order chi connectivity index (χ0) is 13.6. The highest BCUT2D eigenvalue weighted by Crippen LogP contribution is 2.20. The number of ether oxygens (including phenoxy) is 1. The molecule has 0 atom stereocenters. The number of benzene rings is 1. The van der Waals surface area contributed by atoms with Gasteiger partial charge in [-0.3, -0.25) is 0 Å². The predicted octanol–water partition coefficient (Wildman–Crippen LogP) is 3.94. The first kappa shape index (κ1) is 15.8. The van der Waals surface area contributed by atoms with Crippen molar-refractivity contribution in [1.29, 1.82) is 0 Å². The summed E-state index contributed by atoms with van der Waals surface area (Å²) in [6.45, 7) is 8.62. The first-order valence-corrected chi connectivity index (χ1v) is 6.93. The lowest BCUT2D eigenvalue weighted by Gasteiger charge is -2.19. The quantitative estimate of drug-likeness (QED) is 0.801. The molecule has 0 unspecified atom stereocenters. The number of rotatable bonds is 6. The fraction of sp³-hybridized carbons (Fsp3) is 0.571. The molecule has 102 valence electrons. The smallest absolute Gasteiger partial charge is 0.0599 e. The van der Waals surface area contributed by atoms with Gasteiger partial charge in [-0.05, 0) is 51.4 Å². The molecule has 0 aliphatic carbocycles. The lowest BCUT2D eigenvalue weighted by molar-refractivity contribution is -0.000709. The maximum atomic E-state index is 6.09. The average molecular weight is 290 g/mol. The predicted molar refractivity (Wildman–Crippen MR) is 78.7 cm³/mol. The van der Waals surface area contributed by atoms with Crippen molar-refractivity contribution < 1.29 is 4.74 Å². The van der Waals surface area contributed by atoms with E-state index in [-0.39, 0.29) is 5.60 Å². The Morgan fingerprint density at radius 1 is 1.17 bits per heavy atom. The van der Waals surface area contributed by atoms with Gasteiger partial charge in [0.1, 0.15) is 0 Å². The second-order valence-electron chi connectivity index (χ2n) is 5.20. The average Bonchev–Trinajstić information content (AvgIpc) is 2.24. The fourth-order valence-corrected chi connectivity index (χ4v) is 2.00. The first-order chi connectivity index (χ1) is 8.38. The Morgan fingerprint density at radius 3 is 2.50 bits per heavy atom. The lowest BCUT2D eigenvalue weighted by atomic mass is 10.1. The summed E-state index contributed by atoms with van der Waals surface area (Å²) in [5.74, 6) is 0. The van der Waals surface area contributed by atoms with E-state index in [1.54, 1.807) is 6.07 Å². The minimum atomic E-state index is -0.0683. The highest BCUT2D eigenvalue weighted by molar-refractivity contribution is 6.35. The van der Waals surface area contributed by atoms with Crippen LogP contribution in [0.2, 0.25) is 10.0 Å². The molecule has 1 N–H and O–H groups in total. The summed E-state index contributed by atoms with van der Waals surface area (Å²) in [6, 6.07) is 5.62. The molecule has 18 heavy (non-hydrogen) atoms. The van der Waals surface area contributed by atoms with Crippen molar-refractivity contribution in [3.05, 3.63) is 33.8 Å². The van der Waals surface area contributed by atoms with Crippen LogP contribution in [0.3, 0.4) is 0 Å². The van der Waals surface area contributed by atoms with Crippen LogP contribution in [0.25, 0.3) is 0 Å². The van der Waals surface area contributed by atoms with Crippen LogP contribution in [0.5, 0.6) is 0 Å². The molecule has 0 heterocycles. The molecule has 0 aliphatic heterocycles. The van der Waals surface area contributed by atoms with E-state index in [0.29, 0.717) is 5.02 Å². The molecule has 1 aromatic rings. The van der Waals surface area contributed by atoms with Crippen LogP contribution in [0.1, 0.15) is 26.3 Å². The van der Waals surface area contributed by atoms with Gasteiger partial charge in [-0.15, -0.1) is 0 Å². The van der Waals surface area contributed by atoms with Gasteiger partial charge in [0.05, 0.1) is 12.2 Å². The summed E-state index contributed by atoms with van der Waals surface area (Å²) < 4.78 is 5.62.